The molecule has 2 heterocycles. The molecule has 0 spiro atoms. The summed E-state index contributed by atoms with van der Waals surface area (Å²) < 4.78 is 5.21. The number of fused-ring (bicyclic) bond motifs is 1. The molecule has 0 radical (unpaired) electrons. The minimum absolute atomic E-state index is 0.508. The van der Waals surface area contributed by atoms with E-state index in [1.807, 2.05) is 18.2 Å². The van der Waals surface area contributed by atoms with E-state index >= 15 is 0 Å². The lowest BCUT2D eigenvalue weighted by molar-refractivity contribution is 0.415. The second-order valence-corrected chi connectivity index (χ2v) is 4.64. The molecular formula is C13H18N4O. The molecule has 3 N–H and O–H groups in total. The third-order valence-corrected chi connectivity index (χ3v) is 3.37. The molecule has 0 amide bonds. The van der Waals surface area contributed by atoms with Crippen molar-refractivity contribution >= 4 is 17.0 Å². The van der Waals surface area contributed by atoms with E-state index < -0.39 is 0 Å². The fourth-order valence-corrected chi connectivity index (χ4v) is 2.34. The molecule has 5 nitrogen and oxygen atoms in total. The van der Waals surface area contributed by atoms with Gasteiger partial charge in [-0.1, -0.05) is 0 Å². The number of piperidine rings is 1. The van der Waals surface area contributed by atoms with Gasteiger partial charge in [0.25, 0.3) is 0 Å². The van der Waals surface area contributed by atoms with Crippen molar-refractivity contribution in [2.24, 2.45) is 0 Å². The molecule has 1 aliphatic heterocycles. The lowest BCUT2D eigenvalue weighted by Gasteiger charge is -2.23. The van der Waals surface area contributed by atoms with Crippen LogP contribution in [-0.2, 0) is 0 Å². The van der Waals surface area contributed by atoms with Gasteiger partial charge in [0.2, 0.25) is 5.95 Å². The number of H-pyrrole nitrogens is 1. The van der Waals surface area contributed by atoms with Crippen molar-refractivity contribution < 1.29 is 4.74 Å². The summed E-state index contributed by atoms with van der Waals surface area (Å²) >= 11 is 0. The van der Waals surface area contributed by atoms with Crippen LogP contribution in [0.1, 0.15) is 12.8 Å². The molecule has 5 heteroatoms. The first-order chi connectivity index (χ1) is 8.85. The van der Waals surface area contributed by atoms with Crippen LogP contribution in [0.5, 0.6) is 5.75 Å². The molecule has 0 atom stereocenters. The number of benzene rings is 1. The summed E-state index contributed by atoms with van der Waals surface area (Å²) in [4.78, 5) is 7.83. The van der Waals surface area contributed by atoms with Gasteiger partial charge < -0.3 is 20.4 Å². The molecule has 0 aliphatic carbocycles. The molecule has 2 aromatic rings. The largest absolute Gasteiger partial charge is 0.497 e. The summed E-state index contributed by atoms with van der Waals surface area (Å²) in [6, 6.07) is 6.37. The predicted molar refractivity (Wildman–Crippen MR) is 72.2 cm³/mol. The highest BCUT2D eigenvalue weighted by Gasteiger charge is 2.14. The van der Waals surface area contributed by atoms with Crippen LogP contribution in [-0.4, -0.2) is 36.2 Å². The SMILES string of the molecule is COc1ccc2nc(NC3CCNCC3)[nH]c2c1. The van der Waals surface area contributed by atoms with Gasteiger partial charge in [-0.25, -0.2) is 4.98 Å². The normalized spacial score (nSPS) is 16.9. The van der Waals surface area contributed by atoms with Gasteiger partial charge in [-0.3, -0.25) is 0 Å². The highest BCUT2D eigenvalue weighted by molar-refractivity contribution is 5.79. The van der Waals surface area contributed by atoms with Crippen LogP contribution in [0.25, 0.3) is 11.0 Å². The number of nitrogens with zero attached hydrogens (tertiary/aromatic N) is 1. The van der Waals surface area contributed by atoms with Crippen LogP contribution >= 0.6 is 0 Å². The van der Waals surface area contributed by atoms with Crippen molar-refractivity contribution in [1.82, 2.24) is 15.3 Å². The third kappa shape index (κ3) is 2.26. The van der Waals surface area contributed by atoms with E-state index in [-0.39, 0.29) is 0 Å². The van der Waals surface area contributed by atoms with Gasteiger partial charge in [-0.2, -0.15) is 0 Å². The first kappa shape index (κ1) is 11.3. The predicted octanol–water partition coefficient (Wildman–Crippen LogP) is 1.74. The molecule has 1 aromatic heterocycles. The highest BCUT2D eigenvalue weighted by Crippen LogP contribution is 2.21. The van der Waals surface area contributed by atoms with Gasteiger partial charge >= 0.3 is 0 Å². The number of imidazole rings is 1. The van der Waals surface area contributed by atoms with E-state index in [0.29, 0.717) is 6.04 Å². The topological polar surface area (TPSA) is 62.0 Å². The van der Waals surface area contributed by atoms with Crippen LogP contribution < -0.4 is 15.4 Å². The van der Waals surface area contributed by atoms with Gasteiger partial charge in [0, 0.05) is 12.1 Å². The first-order valence-electron chi connectivity index (χ1n) is 6.36. The standard InChI is InChI=1S/C13H18N4O/c1-18-10-2-3-11-12(8-10)17-13(16-11)15-9-4-6-14-7-5-9/h2-3,8-9,14H,4-7H2,1H3,(H2,15,16,17). The maximum absolute atomic E-state index is 5.21. The van der Waals surface area contributed by atoms with Crippen molar-refractivity contribution in [1.29, 1.82) is 0 Å². The summed E-state index contributed by atoms with van der Waals surface area (Å²) in [7, 11) is 1.67. The Bertz CT molecular complexity index is 531. The molecule has 1 saturated heterocycles. The van der Waals surface area contributed by atoms with E-state index in [0.717, 1.165) is 48.7 Å². The second-order valence-electron chi connectivity index (χ2n) is 4.64. The zero-order valence-corrected chi connectivity index (χ0v) is 10.5. The number of rotatable bonds is 3. The molecule has 0 bridgehead atoms. The quantitative estimate of drug-likeness (QED) is 0.772. The number of hydrogen-bond acceptors (Lipinski definition) is 4. The Morgan fingerprint density at radius 1 is 1.33 bits per heavy atom. The van der Waals surface area contributed by atoms with Gasteiger partial charge in [-0.15, -0.1) is 0 Å². The molecule has 3 rings (SSSR count). The molecule has 1 aromatic carbocycles. The fraction of sp³-hybridized carbons (Fsp3) is 0.462. The van der Waals surface area contributed by atoms with Crippen molar-refractivity contribution in [3.05, 3.63) is 18.2 Å². The Labute approximate surface area is 106 Å². The van der Waals surface area contributed by atoms with E-state index in [1.165, 1.54) is 0 Å². The van der Waals surface area contributed by atoms with E-state index in [1.54, 1.807) is 7.11 Å². The molecule has 1 aliphatic rings. The molecule has 18 heavy (non-hydrogen) atoms. The Kier molecular flexibility index (Phi) is 3.06. The van der Waals surface area contributed by atoms with Crippen LogP contribution in [0.4, 0.5) is 5.95 Å². The number of ether oxygens (including phenoxy) is 1. The lowest BCUT2D eigenvalue weighted by Crippen LogP contribution is -2.35. The van der Waals surface area contributed by atoms with Gasteiger partial charge in [0.15, 0.2) is 0 Å². The minimum atomic E-state index is 0.508. The summed E-state index contributed by atoms with van der Waals surface area (Å²) in [5.74, 6) is 1.70. The second kappa shape index (κ2) is 4.86. The monoisotopic (exact) mass is 246 g/mol. The van der Waals surface area contributed by atoms with Crippen molar-refractivity contribution in [2.45, 2.75) is 18.9 Å². The number of aromatic nitrogens is 2. The van der Waals surface area contributed by atoms with E-state index in [2.05, 4.69) is 20.6 Å². The third-order valence-electron chi connectivity index (χ3n) is 3.37. The number of hydrogen-bond donors (Lipinski definition) is 3. The Hall–Kier alpha value is -1.75. The van der Waals surface area contributed by atoms with Crippen molar-refractivity contribution in [3.63, 3.8) is 0 Å². The number of aromatic amines is 1. The number of anilines is 1. The molecule has 96 valence electrons. The van der Waals surface area contributed by atoms with Gasteiger partial charge in [-0.05, 0) is 38.1 Å². The van der Waals surface area contributed by atoms with Gasteiger partial charge in [0.1, 0.15) is 5.75 Å². The summed E-state index contributed by atoms with van der Waals surface area (Å²) in [5.41, 5.74) is 1.97. The smallest absolute Gasteiger partial charge is 0.201 e. The van der Waals surface area contributed by atoms with Crippen molar-refractivity contribution in [2.75, 3.05) is 25.5 Å². The fourth-order valence-electron chi connectivity index (χ4n) is 2.34. The van der Waals surface area contributed by atoms with Crippen LogP contribution in [0.3, 0.4) is 0 Å². The van der Waals surface area contributed by atoms with E-state index in [4.69, 9.17) is 4.74 Å². The molecule has 0 unspecified atom stereocenters. The summed E-state index contributed by atoms with van der Waals surface area (Å²) in [6.07, 6.45) is 2.28. The average Bonchev–Trinajstić information content (AvgIpc) is 2.80. The minimum Gasteiger partial charge on any atom is -0.497 e. The summed E-state index contributed by atoms with van der Waals surface area (Å²) in [5, 5.41) is 6.82. The number of nitrogens with one attached hydrogen (secondary N) is 3. The maximum atomic E-state index is 5.21. The summed E-state index contributed by atoms with van der Waals surface area (Å²) in [6.45, 7) is 2.15. The Morgan fingerprint density at radius 3 is 2.94 bits per heavy atom. The number of methoxy groups -OCH3 is 1. The maximum Gasteiger partial charge on any atom is 0.201 e. The van der Waals surface area contributed by atoms with Crippen LogP contribution in [0.15, 0.2) is 18.2 Å². The van der Waals surface area contributed by atoms with Crippen LogP contribution in [0.2, 0.25) is 0 Å². The van der Waals surface area contributed by atoms with Crippen LogP contribution in [0, 0.1) is 0 Å². The molecule has 1 fully saturated rings. The zero-order chi connectivity index (χ0) is 12.4. The Balaban J connectivity index is 1.79. The molecular weight excluding hydrogens is 228 g/mol. The van der Waals surface area contributed by atoms with Gasteiger partial charge in [0.05, 0.1) is 18.1 Å². The zero-order valence-electron chi connectivity index (χ0n) is 10.5. The van der Waals surface area contributed by atoms with Crippen molar-refractivity contribution in [3.8, 4) is 5.75 Å². The lowest BCUT2D eigenvalue weighted by atomic mass is 10.1. The first-order valence-corrected chi connectivity index (χ1v) is 6.36. The van der Waals surface area contributed by atoms with E-state index in [9.17, 15) is 0 Å². The molecule has 0 saturated carbocycles. The highest BCUT2D eigenvalue weighted by atomic mass is 16.5. The average molecular weight is 246 g/mol. The Morgan fingerprint density at radius 2 is 2.17 bits per heavy atom.